The Hall–Kier alpha value is -3.22. The predicted octanol–water partition coefficient (Wildman–Crippen LogP) is 3.31. The van der Waals surface area contributed by atoms with Crippen molar-refractivity contribution < 1.29 is 23.1 Å². The zero-order valence-electron chi connectivity index (χ0n) is 12.9. The van der Waals surface area contributed by atoms with Crippen LogP contribution >= 0.6 is 0 Å². The molecule has 24 heavy (non-hydrogen) atoms. The second kappa shape index (κ2) is 6.11. The fourth-order valence-corrected chi connectivity index (χ4v) is 2.26. The van der Waals surface area contributed by atoms with Crippen molar-refractivity contribution in [2.24, 2.45) is 0 Å². The molecule has 6 nitrogen and oxygen atoms in total. The first kappa shape index (κ1) is 15.7. The summed E-state index contributed by atoms with van der Waals surface area (Å²) in [5, 5.41) is 2.46. The normalized spacial score (nSPS) is 10.6. The number of carbonyl (C=O) groups is 2. The number of benzene rings is 1. The van der Waals surface area contributed by atoms with Crippen molar-refractivity contribution in [3.8, 4) is 0 Å². The number of halogens is 1. The molecule has 7 heteroatoms. The van der Waals surface area contributed by atoms with Gasteiger partial charge in [0.05, 0.1) is 12.8 Å². The van der Waals surface area contributed by atoms with Crippen LogP contribution in [0, 0.1) is 12.7 Å². The molecule has 0 bridgehead atoms. The number of nitrogens with one attached hydrogen (secondary N) is 1. The minimum absolute atomic E-state index is 0.00294. The van der Waals surface area contributed by atoms with Gasteiger partial charge in [0.2, 0.25) is 0 Å². The summed E-state index contributed by atoms with van der Waals surface area (Å²) in [6, 6.07) is 8.83. The standard InChI is InChI=1S/C17H13FN2O4/c1-9-6-7-13-12(19-9)8-14(24-13)16(21)20-11-5-3-4-10(18)15(11)17(22)23-2/h3-8H,1-2H3,(H,20,21). The highest BCUT2D eigenvalue weighted by Gasteiger charge is 2.21. The molecule has 0 atom stereocenters. The van der Waals surface area contributed by atoms with Crippen molar-refractivity contribution in [3.63, 3.8) is 0 Å². The second-order valence-corrected chi connectivity index (χ2v) is 5.05. The molecule has 3 rings (SSSR count). The number of esters is 1. The van der Waals surface area contributed by atoms with Crippen LogP contribution in [-0.4, -0.2) is 24.0 Å². The van der Waals surface area contributed by atoms with Crippen molar-refractivity contribution in [1.29, 1.82) is 0 Å². The number of aromatic nitrogens is 1. The van der Waals surface area contributed by atoms with Gasteiger partial charge in [-0.3, -0.25) is 4.79 Å². The van der Waals surface area contributed by atoms with Crippen molar-refractivity contribution in [3.05, 3.63) is 59.2 Å². The third-order valence-corrected chi connectivity index (χ3v) is 3.39. The van der Waals surface area contributed by atoms with Gasteiger partial charge in [-0.25, -0.2) is 14.2 Å². The number of methoxy groups -OCH3 is 1. The van der Waals surface area contributed by atoms with Crippen LogP contribution in [0.1, 0.15) is 26.6 Å². The number of hydrogen-bond acceptors (Lipinski definition) is 5. The highest BCUT2D eigenvalue weighted by molar-refractivity contribution is 6.07. The van der Waals surface area contributed by atoms with E-state index in [2.05, 4.69) is 15.0 Å². The summed E-state index contributed by atoms with van der Waals surface area (Å²) in [7, 11) is 1.13. The lowest BCUT2D eigenvalue weighted by molar-refractivity contribution is 0.0597. The zero-order valence-corrected chi connectivity index (χ0v) is 12.9. The maximum absolute atomic E-state index is 13.9. The molecule has 2 aromatic heterocycles. The largest absolute Gasteiger partial charge is 0.465 e. The monoisotopic (exact) mass is 328 g/mol. The molecule has 0 radical (unpaired) electrons. The molecular formula is C17H13FN2O4. The number of anilines is 1. The lowest BCUT2D eigenvalue weighted by Crippen LogP contribution is -2.16. The lowest BCUT2D eigenvalue weighted by atomic mass is 10.1. The SMILES string of the molecule is COC(=O)c1c(F)cccc1NC(=O)c1cc2nc(C)ccc2o1. The highest BCUT2D eigenvalue weighted by Crippen LogP contribution is 2.23. The minimum Gasteiger partial charge on any atom is -0.465 e. The Bertz CT molecular complexity index is 949. The van der Waals surface area contributed by atoms with E-state index >= 15 is 0 Å². The Labute approximate surface area is 136 Å². The van der Waals surface area contributed by atoms with Crippen molar-refractivity contribution >= 4 is 28.7 Å². The fourth-order valence-electron chi connectivity index (χ4n) is 2.26. The number of nitrogens with zero attached hydrogens (tertiary/aromatic N) is 1. The first-order valence-corrected chi connectivity index (χ1v) is 7.05. The summed E-state index contributed by atoms with van der Waals surface area (Å²) in [4.78, 5) is 28.3. The number of pyridine rings is 1. The summed E-state index contributed by atoms with van der Waals surface area (Å²) in [5.74, 6) is -2.29. The van der Waals surface area contributed by atoms with Gasteiger partial charge in [0, 0.05) is 11.8 Å². The molecule has 0 fully saturated rings. The number of carbonyl (C=O) groups excluding carboxylic acids is 2. The Kier molecular flexibility index (Phi) is 3.99. The van der Waals surface area contributed by atoms with Gasteiger partial charge in [-0.15, -0.1) is 0 Å². The van der Waals surface area contributed by atoms with Crippen LogP contribution in [0.2, 0.25) is 0 Å². The molecule has 0 unspecified atom stereocenters. The summed E-state index contributed by atoms with van der Waals surface area (Å²) in [6.07, 6.45) is 0. The number of aryl methyl sites for hydroxylation is 1. The van der Waals surface area contributed by atoms with Crippen LogP contribution < -0.4 is 5.32 Å². The molecule has 0 aliphatic carbocycles. The van der Waals surface area contributed by atoms with Crippen molar-refractivity contribution in [2.75, 3.05) is 12.4 Å². The summed E-state index contributed by atoms with van der Waals surface area (Å²) >= 11 is 0. The van der Waals surface area contributed by atoms with Crippen molar-refractivity contribution in [1.82, 2.24) is 4.98 Å². The zero-order chi connectivity index (χ0) is 17.3. The average molecular weight is 328 g/mol. The smallest absolute Gasteiger partial charge is 0.342 e. The van der Waals surface area contributed by atoms with Gasteiger partial charge < -0.3 is 14.5 Å². The molecular weight excluding hydrogens is 315 g/mol. The third-order valence-electron chi connectivity index (χ3n) is 3.39. The van der Waals surface area contributed by atoms with E-state index in [1.165, 1.54) is 18.2 Å². The lowest BCUT2D eigenvalue weighted by Gasteiger charge is -2.09. The van der Waals surface area contributed by atoms with E-state index in [4.69, 9.17) is 4.42 Å². The maximum atomic E-state index is 13.9. The maximum Gasteiger partial charge on any atom is 0.342 e. The number of ether oxygens (including phenoxy) is 1. The fraction of sp³-hybridized carbons (Fsp3) is 0.118. The predicted molar refractivity (Wildman–Crippen MR) is 84.4 cm³/mol. The number of furan rings is 1. The topological polar surface area (TPSA) is 81.4 Å². The molecule has 1 N–H and O–H groups in total. The van der Waals surface area contributed by atoms with Gasteiger partial charge in [-0.2, -0.15) is 0 Å². The van der Waals surface area contributed by atoms with Gasteiger partial charge >= 0.3 is 5.97 Å². The second-order valence-electron chi connectivity index (χ2n) is 5.05. The summed E-state index contributed by atoms with van der Waals surface area (Å²) in [6.45, 7) is 1.82. The third kappa shape index (κ3) is 2.83. The molecule has 0 saturated carbocycles. The van der Waals surface area contributed by atoms with E-state index in [1.54, 1.807) is 12.1 Å². The Morgan fingerprint density at radius 1 is 1.25 bits per heavy atom. The van der Waals surface area contributed by atoms with Gasteiger partial charge in [0.25, 0.3) is 5.91 Å². The Balaban J connectivity index is 1.94. The number of amides is 1. The Morgan fingerprint density at radius 2 is 2.04 bits per heavy atom. The van der Waals surface area contributed by atoms with Gasteiger partial charge in [0.15, 0.2) is 11.3 Å². The van der Waals surface area contributed by atoms with Crippen molar-refractivity contribution in [2.45, 2.75) is 6.92 Å². The van der Waals surface area contributed by atoms with E-state index < -0.39 is 17.7 Å². The van der Waals surface area contributed by atoms with Crippen LogP contribution in [0.4, 0.5) is 10.1 Å². The molecule has 1 aromatic carbocycles. The highest BCUT2D eigenvalue weighted by atomic mass is 19.1. The van der Waals surface area contributed by atoms with Crippen LogP contribution in [0.3, 0.4) is 0 Å². The number of rotatable bonds is 3. The molecule has 0 aliphatic heterocycles. The van der Waals surface area contributed by atoms with Crippen LogP contribution in [0.5, 0.6) is 0 Å². The molecule has 0 spiro atoms. The molecule has 2 heterocycles. The first-order chi connectivity index (χ1) is 11.5. The van der Waals surface area contributed by atoms with E-state index in [0.29, 0.717) is 11.1 Å². The van der Waals surface area contributed by atoms with E-state index in [0.717, 1.165) is 18.9 Å². The number of fused-ring (bicyclic) bond motifs is 1. The van der Waals surface area contributed by atoms with Crippen LogP contribution in [0.15, 0.2) is 40.8 Å². The quantitative estimate of drug-likeness (QED) is 0.746. The molecule has 1 amide bonds. The first-order valence-electron chi connectivity index (χ1n) is 7.05. The molecule has 3 aromatic rings. The summed E-state index contributed by atoms with van der Waals surface area (Å²) in [5.41, 5.74) is 1.43. The molecule has 122 valence electrons. The van der Waals surface area contributed by atoms with Crippen LogP contribution in [0.25, 0.3) is 11.1 Å². The van der Waals surface area contributed by atoms with E-state index in [1.807, 2.05) is 6.92 Å². The molecule has 0 saturated heterocycles. The summed E-state index contributed by atoms with van der Waals surface area (Å²) < 4.78 is 23.8. The Morgan fingerprint density at radius 3 is 2.79 bits per heavy atom. The van der Waals surface area contributed by atoms with E-state index in [9.17, 15) is 14.0 Å². The van der Waals surface area contributed by atoms with Gasteiger partial charge in [-0.05, 0) is 31.2 Å². The van der Waals surface area contributed by atoms with Gasteiger partial charge in [0.1, 0.15) is 16.9 Å². The van der Waals surface area contributed by atoms with Crippen LogP contribution in [-0.2, 0) is 4.74 Å². The van der Waals surface area contributed by atoms with Gasteiger partial charge in [-0.1, -0.05) is 6.07 Å². The minimum atomic E-state index is -0.884. The van der Waals surface area contributed by atoms with E-state index in [-0.39, 0.29) is 17.0 Å². The molecule has 0 aliphatic rings. The number of hydrogen-bond donors (Lipinski definition) is 1. The average Bonchev–Trinajstić information content (AvgIpc) is 2.97.